The fraction of sp³-hybridized carbons (Fsp3) is 0.111. The van der Waals surface area contributed by atoms with Crippen LogP contribution in [0.5, 0.6) is 5.75 Å². The molecule has 2 N–H and O–H groups in total. The molecule has 5 nitrogen and oxygen atoms in total. The molecule has 0 aliphatic heterocycles. The van der Waals surface area contributed by atoms with E-state index in [1.807, 2.05) is 6.07 Å². The van der Waals surface area contributed by atoms with E-state index in [0.29, 0.717) is 17.1 Å². The highest BCUT2D eigenvalue weighted by Gasteiger charge is 2.35. The maximum Gasteiger partial charge on any atom is 0.421 e. The smallest absolute Gasteiger partial charge is 0.421 e. The molecule has 0 aliphatic carbocycles. The Morgan fingerprint density at radius 2 is 1.62 bits per heavy atom. The molecule has 0 saturated carbocycles. The molecule has 0 saturated heterocycles. The summed E-state index contributed by atoms with van der Waals surface area (Å²) >= 11 is 0. The zero-order valence-corrected chi connectivity index (χ0v) is 13.7. The molecule has 2 aromatic carbocycles. The van der Waals surface area contributed by atoms with Crippen LogP contribution in [0.3, 0.4) is 0 Å². The Bertz CT molecular complexity index is 885. The molecule has 8 heteroatoms. The van der Waals surface area contributed by atoms with Gasteiger partial charge in [0.25, 0.3) is 0 Å². The predicted molar refractivity (Wildman–Crippen MR) is 93.0 cm³/mol. The number of anilines is 4. The van der Waals surface area contributed by atoms with Gasteiger partial charge in [0.15, 0.2) is 0 Å². The zero-order valence-electron chi connectivity index (χ0n) is 13.7. The van der Waals surface area contributed by atoms with Gasteiger partial charge >= 0.3 is 6.18 Å². The number of benzene rings is 2. The number of rotatable bonds is 5. The molecule has 3 aromatic rings. The SMILES string of the molecule is COc1ccccc1Nc1nc(Nc2ccccc2)ncc1C(F)(F)F. The lowest BCUT2D eigenvalue weighted by molar-refractivity contribution is -0.137. The Labute approximate surface area is 147 Å². The van der Waals surface area contributed by atoms with Crippen LogP contribution < -0.4 is 15.4 Å². The zero-order chi connectivity index (χ0) is 18.6. The summed E-state index contributed by atoms with van der Waals surface area (Å²) in [5.41, 5.74) is 0.0578. The molecule has 3 rings (SSSR count). The molecule has 0 unspecified atom stereocenters. The van der Waals surface area contributed by atoms with Crippen LogP contribution in [-0.4, -0.2) is 17.1 Å². The van der Waals surface area contributed by atoms with Crippen LogP contribution in [0, 0.1) is 0 Å². The van der Waals surface area contributed by atoms with Gasteiger partial charge in [0.2, 0.25) is 5.95 Å². The number of alkyl halides is 3. The second-order valence-electron chi connectivity index (χ2n) is 5.27. The maximum atomic E-state index is 13.3. The number of hydrogen-bond donors (Lipinski definition) is 2. The molecule has 0 fully saturated rings. The number of ether oxygens (including phenoxy) is 1. The lowest BCUT2D eigenvalue weighted by Gasteiger charge is -2.16. The first-order valence-corrected chi connectivity index (χ1v) is 7.64. The fourth-order valence-corrected chi connectivity index (χ4v) is 2.27. The van der Waals surface area contributed by atoms with Crippen molar-refractivity contribution in [1.82, 2.24) is 9.97 Å². The van der Waals surface area contributed by atoms with E-state index in [2.05, 4.69) is 20.6 Å². The first-order chi connectivity index (χ1) is 12.5. The van der Waals surface area contributed by atoms with Gasteiger partial charge in [-0.15, -0.1) is 0 Å². The van der Waals surface area contributed by atoms with Crippen LogP contribution in [0.1, 0.15) is 5.56 Å². The van der Waals surface area contributed by atoms with Crippen LogP contribution in [0.4, 0.5) is 36.3 Å². The number of nitrogens with zero attached hydrogens (tertiary/aromatic N) is 2. The van der Waals surface area contributed by atoms with Crippen molar-refractivity contribution in [3.63, 3.8) is 0 Å². The molecule has 1 aromatic heterocycles. The average molecular weight is 360 g/mol. The highest BCUT2D eigenvalue weighted by atomic mass is 19.4. The van der Waals surface area contributed by atoms with Gasteiger partial charge in [0, 0.05) is 11.9 Å². The third-order valence-corrected chi connectivity index (χ3v) is 3.48. The summed E-state index contributed by atoms with van der Waals surface area (Å²) in [6.45, 7) is 0. The summed E-state index contributed by atoms with van der Waals surface area (Å²) in [4.78, 5) is 7.77. The first kappa shape index (κ1) is 17.5. The van der Waals surface area contributed by atoms with Crippen molar-refractivity contribution in [2.24, 2.45) is 0 Å². The average Bonchev–Trinajstić information content (AvgIpc) is 2.62. The van der Waals surface area contributed by atoms with Crippen LogP contribution in [0.2, 0.25) is 0 Å². The van der Waals surface area contributed by atoms with Crippen molar-refractivity contribution in [3.05, 3.63) is 66.4 Å². The lowest BCUT2D eigenvalue weighted by atomic mass is 10.2. The summed E-state index contributed by atoms with van der Waals surface area (Å²) in [6.07, 6.45) is -3.86. The molecule has 26 heavy (non-hydrogen) atoms. The Morgan fingerprint density at radius 1 is 0.923 bits per heavy atom. The second kappa shape index (κ2) is 7.30. The van der Waals surface area contributed by atoms with Crippen molar-refractivity contribution in [2.45, 2.75) is 6.18 Å². The largest absolute Gasteiger partial charge is 0.495 e. The van der Waals surface area contributed by atoms with E-state index in [0.717, 1.165) is 6.20 Å². The van der Waals surface area contributed by atoms with Gasteiger partial charge in [0.1, 0.15) is 17.1 Å². The van der Waals surface area contributed by atoms with E-state index in [1.165, 1.54) is 7.11 Å². The van der Waals surface area contributed by atoms with Crippen LogP contribution in [0.15, 0.2) is 60.8 Å². The van der Waals surface area contributed by atoms with E-state index in [9.17, 15) is 13.2 Å². The van der Waals surface area contributed by atoms with Crippen molar-refractivity contribution < 1.29 is 17.9 Å². The van der Waals surface area contributed by atoms with Crippen LogP contribution in [-0.2, 0) is 6.18 Å². The molecule has 0 radical (unpaired) electrons. The van der Waals surface area contributed by atoms with Gasteiger partial charge in [-0.25, -0.2) is 4.98 Å². The first-order valence-electron chi connectivity index (χ1n) is 7.64. The predicted octanol–water partition coefficient (Wildman–Crippen LogP) is 4.99. The third-order valence-electron chi connectivity index (χ3n) is 3.48. The van der Waals surface area contributed by atoms with Crippen molar-refractivity contribution in [2.75, 3.05) is 17.7 Å². The van der Waals surface area contributed by atoms with Crippen LogP contribution >= 0.6 is 0 Å². The van der Waals surface area contributed by atoms with Gasteiger partial charge in [0.05, 0.1) is 12.8 Å². The Morgan fingerprint density at radius 3 is 2.31 bits per heavy atom. The Hall–Kier alpha value is -3.29. The minimum atomic E-state index is -4.60. The van der Waals surface area contributed by atoms with E-state index in [4.69, 9.17) is 4.74 Å². The number of hydrogen-bond acceptors (Lipinski definition) is 5. The van der Waals surface area contributed by atoms with Crippen molar-refractivity contribution in [1.29, 1.82) is 0 Å². The molecular formula is C18H15F3N4O. The van der Waals surface area contributed by atoms with Gasteiger partial charge in [-0.2, -0.15) is 18.2 Å². The van der Waals surface area contributed by atoms with Crippen molar-refractivity contribution in [3.8, 4) is 5.75 Å². The summed E-state index contributed by atoms with van der Waals surface area (Å²) < 4.78 is 45.1. The highest BCUT2D eigenvalue weighted by molar-refractivity contribution is 5.67. The van der Waals surface area contributed by atoms with Gasteiger partial charge in [-0.3, -0.25) is 0 Å². The molecule has 0 bridgehead atoms. The normalized spacial score (nSPS) is 11.1. The van der Waals surface area contributed by atoms with Gasteiger partial charge < -0.3 is 15.4 Å². The summed E-state index contributed by atoms with van der Waals surface area (Å²) in [6, 6.07) is 15.6. The number of para-hydroxylation sites is 3. The summed E-state index contributed by atoms with van der Waals surface area (Å²) in [5, 5.41) is 5.57. The minimum Gasteiger partial charge on any atom is -0.495 e. The van der Waals surface area contributed by atoms with Crippen molar-refractivity contribution >= 4 is 23.1 Å². The molecule has 1 heterocycles. The number of methoxy groups -OCH3 is 1. The number of halogens is 3. The van der Waals surface area contributed by atoms with E-state index >= 15 is 0 Å². The number of nitrogens with one attached hydrogen (secondary N) is 2. The quantitative estimate of drug-likeness (QED) is 0.671. The Kier molecular flexibility index (Phi) is 4.92. The summed E-state index contributed by atoms with van der Waals surface area (Å²) in [5.74, 6) is 0.0776. The Balaban J connectivity index is 1.98. The highest BCUT2D eigenvalue weighted by Crippen LogP contribution is 2.36. The molecule has 0 aliphatic rings. The standard InChI is InChI=1S/C18H15F3N4O/c1-26-15-10-6-5-9-14(15)24-16-13(18(19,20)21)11-22-17(25-16)23-12-7-3-2-4-8-12/h2-11H,1H3,(H2,22,23,24,25). The summed E-state index contributed by atoms with van der Waals surface area (Å²) in [7, 11) is 1.44. The third kappa shape index (κ3) is 4.02. The maximum absolute atomic E-state index is 13.3. The molecule has 0 spiro atoms. The minimum absolute atomic E-state index is 0.0431. The fourth-order valence-electron chi connectivity index (χ4n) is 2.27. The molecular weight excluding hydrogens is 345 g/mol. The lowest BCUT2D eigenvalue weighted by Crippen LogP contribution is -2.13. The van der Waals surface area contributed by atoms with Crippen LogP contribution in [0.25, 0.3) is 0 Å². The molecule has 134 valence electrons. The van der Waals surface area contributed by atoms with Gasteiger partial charge in [-0.1, -0.05) is 30.3 Å². The van der Waals surface area contributed by atoms with Gasteiger partial charge in [-0.05, 0) is 24.3 Å². The monoisotopic (exact) mass is 360 g/mol. The van der Waals surface area contributed by atoms with E-state index in [1.54, 1.807) is 48.5 Å². The van der Waals surface area contributed by atoms with E-state index in [-0.39, 0.29) is 11.8 Å². The topological polar surface area (TPSA) is 59.1 Å². The van der Waals surface area contributed by atoms with E-state index < -0.39 is 11.7 Å². The second-order valence-corrected chi connectivity index (χ2v) is 5.27. The molecule has 0 amide bonds. The molecule has 0 atom stereocenters. The number of aromatic nitrogens is 2.